The summed E-state index contributed by atoms with van der Waals surface area (Å²) < 4.78 is 40.0. The lowest BCUT2D eigenvalue weighted by molar-refractivity contribution is -0.189. The fourth-order valence-corrected chi connectivity index (χ4v) is 2.15. The van der Waals surface area contributed by atoms with Gasteiger partial charge in [0.1, 0.15) is 0 Å². The Morgan fingerprint density at radius 2 is 2.25 bits per heavy atom. The molecule has 1 aromatic heterocycles. The number of nitrogens with one attached hydrogen (secondary N) is 1. The van der Waals surface area contributed by atoms with E-state index in [1.54, 1.807) is 19.3 Å². The van der Waals surface area contributed by atoms with E-state index in [4.69, 9.17) is 0 Å². The molecular formula is C10H14F3N3. The van der Waals surface area contributed by atoms with Gasteiger partial charge in [-0.15, -0.1) is 0 Å². The van der Waals surface area contributed by atoms with Gasteiger partial charge in [0.15, 0.2) is 0 Å². The van der Waals surface area contributed by atoms with E-state index >= 15 is 0 Å². The van der Waals surface area contributed by atoms with Crippen LogP contribution in [0.5, 0.6) is 0 Å². The van der Waals surface area contributed by atoms with Crippen LogP contribution in [0.2, 0.25) is 0 Å². The maximum Gasteiger partial charge on any atom is 0.393 e. The van der Waals surface area contributed by atoms with Crippen molar-refractivity contribution in [3.05, 3.63) is 18.0 Å². The molecule has 2 heterocycles. The molecule has 16 heavy (non-hydrogen) atoms. The summed E-state index contributed by atoms with van der Waals surface area (Å²) in [6.07, 6.45) is -1.75. The van der Waals surface area contributed by atoms with Crippen molar-refractivity contribution in [3.63, 3.8) is 0 Å². The number of rotatable bonds is 1. The van der Waals surface area contributed by atoms with Crippen LogP contribution in [0.4, 0.5) is 13.2 Å². The Balaban J connectivity index is 2.23. The second-order valence-electron chi connectivity index (χ2n) is 4.14. The molecule has 1 N–H and O–H groups in total. The second-order valence-corrected chi connectivity index (χ2v) is 4.14. The first-order chi connectivity index (χ1) is 7.48. The molecule has 1 fully saturated rings. The number of hydrogen-bond acceptors (Lipinski definition) is 2. The van der Waals surface area contributed by atoms with Crippen LogP contribution < -0.4 is 5.32 Å². The molecule has 0 spiro atoms. The number of hydrogen-bond donors (Lipinski definition) is 1. The number of aryl methyl sites for hydroxylation is 1. The van der Waals surface area contributed by atoms with Crippen LogP contribution in [0.1, 0.15) is 24.6 Å². The third-order valence-electron chi connectivity index (χ3n) is 2.93. The molecular weight excluding hydrogens is 219 g/mol. The van der Waals surface area contributed by atoms with Gasteiger partial charge >= 0.3 is 6.18 Å². The molecule has 0 bridgehead atoms. The van der Waals surface area contributed by atoms with Gasteiger partial charge in [0.25, 0.3) is 0 Å². The Labute approximate surface area is 91.6 Å². The minimum Gasteiger partial charge on any atom is -0.308 e. The lowest BCUT2D eigenvalue weighted by Gasteiger charge is -2.32. The van der Waals surface area contributed by atoms with E-state index in [0.29, 0.717) is 18.7 Å². The highest BCUT2D eigenvalue weighted by Crippen LogP contribution is 2.40. The standard InChI is InChI=1S/C10H14F3N3/c1-16-6-4-8(15-16)9-7(10(11,12)13)3-2-5-14-9/h4,6-7,9,14H,2-3,5H2,1H3. The number of alkyl halides is 3. The van der Waals surface area contributed by atoms with Gasteiger partial charge in [-0.25, -0.2) is 0 Å². The smallest absolute Gasteiger partial charge is 0.308 e. The van der Waals surface area contributed by atoms with Crippen LogP contribution in [0.15, 0.2) is 12.3 Å². The molecule has 0 amide bonds. The van der Waals surface area contributed by atoms with Crippen LogP contribution in [0, 0.1) is 5.92 Å². The highest BCUT2D eigenvalue weighted by molar-refractivity contribution is 5.09. The molecule has 1 aromatic rings. The van der Waals surface area contributed by atoms with E-state index in [2.05, 4.69) is 10.4 Å². The van der Waals surface area contributed by atoms with Crippen molar-refractivity contribution in [2.45, 2.75) is 25.1 Å². The molecule has 0 radical (unpaired) electrons. The lowest BCUT2D eigenvalue weighted by atomic mass is 9.88. The zero-order valence-corrected chi connectivity index (χ0v) is 8.96. The van der Waals surface area contributed by atoms with Gasteiger partial charge in [0.2, 0.25) is 0 Å². The molecule has 1 aliphatic rings. The van der Waals surface area contributed by atoms with Crippen molar-refractivity contribution >= 4 is 0 Å². The summed E-state index contributed by atoms with van der Waals surface area (Å²) >= 11 is 0. The highest BCUT2D eigenvalue weighted by atomic mass is 19.4. The second kappa shape index (κ2) is 4.08. The van der Waals surface area contributed by atoms with Crippen LogP contribution in [-0.4, -0.2) is 22.5 Å². The first-order valence-corrected chi connectivity index (χ1v) is 5.28. The third kappa shape index (κ3) is 2.21. The first-order valence-electron chi connectivity index (χ1n) is 5.28. The predicted molar refractivity (Wildman–Crippen MR) is 52.7 cm³/mol. The van der Waals surface area contributed by atoms with E-state index in [0.717, 1.165) is 0 Å². The quantitative estimate of drug-likeness (QED) is 0.804. The Morgan fingerprint density at radius 1 is 1.50 bits per heavy atom. The normalized spacial score (nSPS) is 27.0. The molecule has 0 aromatic carbocycles. The number of aromatic nitrogens is 2. The summed E-state index contributed by atoms with van der Waals surface area (Å²) in [7, 11) is 1.70. The van der Waals surface area contributed by atoms with Crippen LogP contribution in [0.3, 0.4) is 0 Å². The van der Waals surface area contributed by atoms with Gasteiger partial charge < -0.3 is 5.32 Å². The Hall–Kier alpha value is -1.04. The van der Waals surface area contributed by atoms with Crippen molar-refractivity contribution in [1.82, 2.24) is 15.1 Å². The van der Waals surface area contributed by atoms with Crippen molar-refractivity contribution in [2.75, 3.05) is 6.54 Å². The summed E-state index contributed by atoms with van der Waals surface area (Å²) in [5, 5.41) is 6.96. The van der Waals surface area contributed by atoms with E-state index in [9.17, 15) is 13.2 Å². The predicted octanol–water partition coefficient (Wildman–Crippen LogP) is 2.02. The van der Waals surface area contributed by atoms with E-state index < -0.39 is 18.1 Å². The molecule has 0 aliphatic carbocycles. The molecule has 1 aliphatic heterocycles. The molecule has 2 rings (SSSR count). The Morgan fingerprint density at radius 3 is 2.81 bits per heavy atom. The maximum atomic E-state index is 12.8. The summed E-state index contributed by atoms with van der Waals surface area (Å²) in [4.78, 5) is 0. The number of piperidine rings is 1. The van der Waals surface area contributed by atoms with E-state index in [1.165, 1.54) is 4.68 Å². The summed E-state index contributed by atoms with van der Waals surface area (Å²) in [6, 6.07) is 0.941. The topological polar surface area (TPSA) is 29.9 Å². The van der Waals surface area contributed by atoms with E-state index in [1.807, 2.05) is 0 Å². The molecule has 3 nitrogen and oxygen atoms in total. The van der Waals surface area contributed by atoms with Crippen molar-refractivity contribution in [2.24, 2.45) is 13.0 Å². The summed E-state index contributed by atoms with van der Waals surface area (Å²) in [5.74, 6) is -1.32. The van der Waals surface area contributed by atoms with Gasteiger partial charge in [-0.1, -0.05) is 0 Å². The first kappa shape index (κ1) is 11.4. The largest absolute Gasteiger partial charge is 0.393 e. The van der Waals surface area contributed by atoms with Gasteiger partial charge in [-0.05, 0) is 25.5 Å². The summed E-state index contributed by atoms with van der Waals surface area (Å²) in [5.41, 5.74) is 0.476. The van der Waals surface area contributed by atoms with Gasteiger partial charge in [-0.3, -0.25) is 4.68 Å². The number of nitrogens with zero attached hydrogens (tertiary/aromatic N) is 2. The third-order valence-corrected chi connectivity index (χ3v) is 2.93. The Bertz CT molecular complexity index is 358. The van der Waals surface area contributed by atoms with Crippen LogP contribution in [-0.2, 0) is 7.05 Å². The lowest BCUT2D eigenvalue weighted by Crippen LogP contribution is -2.41. The molecule has 1 saturated heterocycles. The monoisotopic (exact) mass is 233 g/mol. The van der Waals surface area contributed by atoms with Crippen LogP contribution >= 0.6 is 0 Å². The minimum atomic E-state index is -4.16. The SMILES string of the molecule is Cn1ccc(C2NCCCC2C(F)(F)F)n1. The fraction of sp³-hybridized carbons (Fsp3) is 0.700. The van der Waals surface area contributed by atoms with Gasteiger partial charge in [-0.2, -0.15) is 18.3 Å². The zero-order chi connectivity index (χ0) is 11.8. The minimum absolute atomic E-state index is 0.178. The number of halogens is 3. The van der Waals surface area contributed by atoms with Gasteiger partial charge in [0, 0.05) is 13.2 Å². The molecule has 0 saturated carbocycles. The molecule has 6 heteroatoms. The summed E-state index contributed by atoms with van der Waals surface area (Å²) in [6.45, 7) is 0.619. The maximum absolute atomic E-state index is 12.8. The molecule has 90 valence electrons. The Kier molecular flexibility index (Phi) is 2.92. The molecule has 2 atom stereocenters. The van der Waals surface area contributed by atoms with Crippen molar-refractivity contribution in [3.8, 4) is 0 Å². The van der Waals surface area contributed by atoms with Crippen molar-refractivity contribution in [1.29, 1.82) is 0 Å². The fourth-order valence-electron chi connectivity index (χ4n) is 2.15. The average Bonchev–Trinajstić information content (AvgIpc) is 2.64. The zero-order valence-electron chi connectivity index (χ0n) is 8.96. The van der Waals surface area contributed by atoms with Crippen molar-refractivity contribution < 1.29 is 13.2 Å². The van der Waals surface area contributed by atoms with Crippen LogP contribution in [0.25, 0.3) is 0 Å². The average molecular weight is 233 g/mol. The highest BCUT2D eigenvalue weighted by Gasteiger charge is 2.46. The van der Waals surface area contributed by atoms with E-state index in [-0.39, 0.29) is 6.42 Å². The van der Waals surface area contributed by atoms with Gasteiger partial charge in [0.05, 0.1) is 17.7 Å². The molecule has 2 unspecified atom stereocenters.